The summed E-state index contributed by atoms with van der Waals surface area (Å²) in [6, 6.07) is 19.1. The molecule has 178 valence electrons. The molecule has 0 aliphatic rings. The summed E-state index contributed by atoms with van der Waals surface area (Å²) in [4.78, 5) is 25.5. The number of halogens is 1. The molecular weight excluding hydrogens is 455 g/mol. The van der Waals surface area contributed by atoms with E-state index in [1.54, 1.807) is 30.3 Å². The zero-order valence-electron chi connectivity index (χ0n) is 19.5. The van der Waals surface area contributed by atoms with Gasteiger partial charge < -0.3 is 5.32 Å². The molecule has 3 aromatic rings. The first-order chi connectivity index (χ1) is 15.9. The molecule has 0 unspecified atom stereocenters. The van der Waals surface area contributed by atoms with Gasteiger partial charge in [0.1, 0.15) is 12.4 Å². The lowest BCUT2D eigenvalue weighted by atomic mass is 9.86. The first-order valence-corrected chi connectivity index (χ1v) is 12.5. The smallest absolute Gasteiger partial charge is 0.245 e. The maximum Gasteiger partial charge on any atom is 0.245 e. The predicted molar refractivity (Wildman–Crippen MR) is 132 cm³/mol. The average molecular weight is 483 g/mol. The van der Waals surface area contributed by atoms with E-state index in [1.807, 2.05) is 12.1 Å². The lowest BCUT2D eigenvalue weighted by Gasteiger charge is -2.22. The van der Waals surface area contributed by atoms with Crippen LogP contribution in [-0.2, 0) is 20.2 Å². The summed E-state index contributed by atoms with van der Waals surface area (Å²) in [5, 5.41) is 2.59. The molecule has 8 heteroatoms. The molecule has 0 atom stereocenters. The first kappa shape index (κ1) is 25.1. The summed E-state index contributed by atoms with van der Waals surface area (Å²) < 4.78 is 39.2. The third-order valence-corrected chi connectivity index (χ3v) is 6.36. The van der Waals surface area contributed by atoms with Gasteiger partial charge in [0.2, 0.25) is 15.9 Å². The number of carbonyl (C=O) groups is 2. The van der Waals surface area contributed by atoms with Crippen LogP contribution in [0, 0.1) is 5.82 Å². The van der Waals surface area contributed by atoms with Gasteiger partial charge in [0.15, 0.2) is 5.78 Å². The van der Waals surface area contributed by atoms with Gasteiger partial charge >= 0.3 is 0 Å². The van der Waals surface area contributed by atoms with Gasteiger partial charge in [-0.25, -0.2) is 12.8 Å². The highest BCUT2D eigenvalue weighted by atomic mass is 32.2. The van der Waals surface area contributed by atoms with Crippen LogP contribution in [0.15, 0.2) is 72.8 Å². The van der Waals surface area contributed by atoms with Crippen molar-refractivity contribution in [1.29, 1.82) is 0 Å². The maximum atomic E-state index is 14.2. The molecular formula is C26H27FN2O4S. The monoisotopic (exact) mass is 482 g/mol. The van der Waals surface area contributed by atoms with Crippen LogP contribution < -0.4 is 9.62 Å². The highest BCUT2D eigenvalue weighted by molar-refractivity contribution is 7.92. The Morgan fingerprint density at radius 3 is 2.15 bits per heavy atom. The number of hydrogen-bond acceptors (Lipinski definition) is 4. The summed E-state index contributed by atoms with van der Waals surface area (Å²) in [6.45, 7) is 5.65. The first-order valence-electron chi connectivity index (χ1n) is 10.6. The molecule has 0 saturated heterocycles. The molecule has 0 aliphatic heterocycles. The zero-order chi connectivity index (χ0) is 25.1. The predicted octanol–water partition coefficient (Wildman–Crippen LogP) is 4.76. The zero-order valence-corrected chi connectivity index (χ0v) is 20.3. The van der Waals surface area contributed by atoms with Crippen LogP contribution >= 0.6 is 0 Å². The van der Waals surface area contributed by atoms with E-state index >= 15 is 0 Å². The van der Waals surface area contributed by atoms with E-state index in [0.717, 1.165) is 17.9 Å². The number of rotatable bonds is 7. The molecule has 3 rings (SSSR count). The lowest BCUT2D eigenvalue weighted by Crippen LogP contribution is -2.38. The van der Waals surface area contributed by atoms with E-state index in [-0.39, 0.29) is 16.9 Å². The lowest BCUT2D eigenvalue weighted by molar-refractivity contribution is -0.114. The summed E-state index contributed by atoms with van der Waals surface area (Å²) in [5.41, 5.74) is 2.06. The Kier molecular flexibility index (Phi) is 7.21. The molecule has 0 aliphatic carbocycles. The SMILES string of the molecule is CC(C)(C)c1ccc(C(=O)c2cccc(NC(=O)CN(c3ccccc3F)S(C)(=O)=O)c2)cc1. The molecule has 34 heavy (non-hydrogen) atoms. The topological polar surface area (TPSA) is 83.6 Å². The van der Waals surface area contributed by atoms with Crippen molar-refractivity contribution in [3.05, 3.63) is 95.3 Å². The largest absolute Gasteiger partial charge is 0.324 e. The number of nitrogens with zero attached hydrogens (tertiary/aromatic N) is 1. The van der Waals surface area contributed by atoms with Gasteiger partial charge in [-0.3, -0.25) is 13.9 Å². The second-order valence-corrected chi connectivity index (χ2v) is 10.9. The van der Waals surface area contributed by atoms with Crippen molar-refractivity contribution in [1.82, 2.24) is 0 Å². The summed E-state index contributed by atoms with van der Waals surface area (Å²) >= 11 is 0. The second-order valence-electron chi connectivity index (χ2n) is 9.01. The Hall–Kier alpha value is -3.52. The molecule has 0 aromatic heterocycles. The quantitative estimate of drug-likeness (QED) is 0.492. The molecule has 0 radical (unpaired) electrons. The fraction of sp³-hybridized carbons (Fsp3) is 0.231. The number of amides is 1. The van der Waals surface area contributed by atoms with Crippen molar-refractivity contribution in [2.45, 2.75) is 26.2 Å². The summed E-state index contributed by atoms with van der Waals surface area (Å²) in [7, 11) is -3.92. The number of benzene rings is 3. The van der Waals surface area contributed by atoms with Crippen molar-refractivity contribution in [2.24, 2.45) is 0 Å². The van der Waals surface area contributed by atoms with Gasteiger partial charge in [-0.2, -0.15) is 0 Å². The van der Waals surface area contributed by atoms with E-state index in [9.17, 15) is 22.4 Å². The number of ketones is 1. The van der Waals surface area contributed by atoms with Crippen LogP contribution in [0.2, 0.25) is 0 Å². The molecule has 1 amide bonds. The van der Waals surface area contributed by atoms with E-state index in [0.29, 0.717) is 21.1 Å². The molecule has 0 saturated carbocycles. The van der Waals surface area contributed by atoms with Crippen molar-refractivity contribution in [3.8, 4) is 0 Å². The van der Waals surface area contributed by atoms with Gasteiger partial charge in [0.05, 0.1) is 11.9 Å². The fourth-order valence-corrected chi connectivity index (χ4v) is 4.25. The van der Waals surface area contributed by atoms with Crippen LogP contribution in [0.25, 0.3) is 0 Å². The molecule has 0 spiro atoms. The van der Waals surface area contributed by atoms with Gasteiger partial charge in [-0.05, 0) is 35.2 Å². The van der Waals surface area contributed by atoms with Crippen LogP contribution in [0.1, 0.15) is 42.3 Å². The second kappa shape index (κ2) is 9.77. The number of sulfonamides is 1. The molecule has 1 N–H and O–H groups in total. The van der Waals surface area contributed by atoms with Crippen LogP contribution in [-0.4, -0.2) is 32.9 Å². The minimum Gasteiger partial charge on any atom is -0.324 e. The average Bonchev–Trinajstić information content (AvgIpc) is 2.76. The Morgan fingerprint density at radius 1 is 0.912 bits per heavy atom. The van der Waals surface area contributed by atoms with Crippen molar-refractivity contribution < 1.29 is 22.4 Å². The third-order valence-electron chi connectivity index (χ3n) is 5.23. The molecule has 6 nitrogen and oxygen atoms in total. The highest BCUT2D eigenvalue weighted by Gasteiger charge is 2.23. The van der Waals surface area contributed by atoms with Crippen LogP contribution in [0.3, 0.4) is 0 Å². The van der Waals surface area contributed by atoms with Crippen molar-refractivity contribution in [3.63, 3.8) is 0 Å². The van der Waals surface area contributed by atoms with E-state index in [4.69, 9.17) is 0 Å². The van der Waals surface area contributed by atoms with Gasteiger partial charge in [-0.15, -0.1) is 0 Å². The number of nitrogens with one attached hydrogen (secondary N) is 1. The van der Waals surface area contributed by atoms with E-state index in [1.165, 1.54) is 24.3 Å². The van der Waals surface area contributed by atoms with E-state index < -0.39 is 28.3 Å². The maximum absolute atomic E-state index is 14.2. The molecule has 0 fully saturated rings. The molecule has 0 bridgehead atoms. The minimum atomic E-state index is -3.92. The number of para-hydroxylation sites is 1. The van der Waals surface area contributed by atoms with Gasteiger partial charge in [0.25, 0.3) is 0 Å². The standard InChI is InChI=1S/C26H27FN2O4S/c1-26(2,3)20-14-12-18(13-15-20)25(31)19-8-7-9-21(16-19)28-24(30)17-29(34(4,32)33)23-11-6-5-10-22(23)27/h5-16H,17H2,1-4H3,(H,28,30). The van der Waals surface area contributed by atoms with Gasteiger partial charge in [-0.1, -0.05) is 69.3 Å². The minimum absolute atomic E-state index is 0.0334. The van der Waals surface area contributed by atoms with Crippen molar-refractivity contribution in [2.75, 3.05) is 22.4 Å². The van der Waals surface area contributed by atoms with Crippen molar-refractivity contribution >= 4 is 33.1 Å². The van der Waals surface area contributed by atoms with Crippen LogP contribution in [0.5, 0.6) is 0 Å². The number of anilines is 2. The fourth-order valence-electron chi connectivity index (χ4n) is 3.39. The Bertz CT molecular complexity index is 1310. The van der Waals surface area contributed by atoms with Gasteiger partial charge in [0, 0.05) is 16.8 Å². The third kappa shape index (κ3) is 6.08. The Morgan fingerprint density at radius 2 is 1.56 bits per heavy atom. The Labute approximate surface area is 199 Å². The highest BCUT2D eigenvalue weighted by Crippen LogP contribution is 2.24. The molecule has 0 heterocycles. The summed E-state index contributed by atoms with van der Waals surface area (Å²) in [5.74, 6) is -1.64. The molecule has 3 aromatic carbocycles. The Balaban J connectivity index is 1.77. The summed E-state index contributed by atoms with van der Waals surface area (Å²) in [6.07, 6.45) is 0.900. The normalized spacial score (nSPS) is 11.7. The van der Waals surface area contributed by atoms with Crippen LogP contribution in [0.4, 0.5) is 15.8 Å². The number of carbonyl (C=O) groups excluding carboxylic acids is 2. The van der Waals surface area contributed by atoms with E-state index in [2.05, 4.69) is 26.1 Å². The number of hydrogen-bond donors (Lipinski definition) is 1.